The second-order valence-corrected chi connectivity index (χ2v) is 12.8. The maximum absolute atomic E-state index is 6.41. The van der Waals surface area contributed by atoms with Gasteiger partial charge in [0, 0.05) is 27.6 Å². The van der Waals surface area contributed by atoms with Crippen LogP contribution in [-0.4, -0.2) is 15.0 Å². The summed E-state index contributed by atoms with van der Waals surface area (Å²) in [7, 11) is 0. The minimum atomic E-state index is 0.633. The van der Waals surface area contributed by atoms with Crippen LogP contribution in [0.1, 0.15) is 0 Å². The SMILES string of the molecule is c1ccc(-c2cccc(-c3nc(-c4ccccc4)nc(-c4ccc(-c5ccc6c(c5)-c5cccc7cccc(c57)O6)c5ccccc45)n3)c2)cc1. The van der Waals surface area contributed by atoms with Gasteiger partial charge < -0.3 is 4.74 Å². The zero-order chi connectivity index (χ0) is 33.7. The molecule has 0 unspecified atom stereocenters. The van der Waals surface area contributed by atoms with Crippen LogP contribution in [0.25, 0.3) is 89.1 Å². The fourth-order valence-electron chi connectivity index (χ4n) is 7.29. The Bertz CT molecular complexity index is 2770. The molecule has 10 rings (SSSR count). The largest absolute Gasteiger partial charge is 0.456 e. The number of rotatable bonds is 5. The summed E-state index contributed by atoms with van der Waals surface area (Å²) in [4.78, 5) is 15.3. The first kappa shape index (κ1) is 29.0. The Hall–Kier alpha value is -6.91. The summed E-state index contributed by atoms with van der Waals surface area (Å²) < 4.78 is 6.41. The Morgan fingerprint density at radius 1 is 0.314 bits per heavy atom. The molecule has 0 spiro atoms. The van der Waals surface area contributed by atoms with E-state index in [0.29, 0.717) is 17.5 Å². The molecular weight excluding hydrogens is 623 g/mol. The van der Waals surface area contributed by atoms with Crippen molar-refractivity contribution in [3.05, 3.63) is 176 Å². The summed E-state index contributed by atoms with van der Waals surface area (Å²) in [6.07, 6.45) is 0. The minimum absolute atomic E-state index is 0.633. The van der Waals surface area contributed by atoms with Crippen molar-refractivity contribution in [2.45, 2.75) is 0 Å². The van der Waals surface area contributed by atoms with E-state index in [2.05, 4.69) is 133 Å². The molecule has 0 saturated carbocycles. The molecule has 0 N–H and O–H groups in total. The van der Waals surface area contributed by atoms with E-state index < -0.39 is 0 Å². The Labute approximate surface area is 295 Å². The molecule has 1 aromatic heterocycles. The lowest BCUT2D eigenvalue weighted by Gasteiger charge is -2.22. The zero-order valence-corrected chi connectivity index (χ0v) is 27.5. The van der Waals surface area contributed by atoms with Crippen molar-refractivity contribution in [2.24, 2.45) is 0 Å². The first-order valence-electron chi connectivity index (χ1n) is 17.1. The van der Waals surface area contributed by atoms with Crippen molar-refractivity contribution in [2.75, 3.05) is 0 Å². The second-order valence-electron chi connectivity index (χ2n) is 12.8. The van der Waals surface area contributed by atoms with Crippen LogP contribution in [0.15, 0.2) is 176 Å². The molecule has 8 aromatic carbocycles. The predicted molar refractivity (Wildman–Crippen MR) is 208 cm³/mol. The van der Waals surface area contributed by atoms with Crippen LogP contribution in [0, 0.1) is 0 Å². The van der Waals surface area contributed by atoms with E-state index in [0.717, 1.165) is 72.2 Å². The highest BCUT2D eigenvalue weighted by molar-refractivity contribution is 6.07. The first-order valence-corrected chi connectivity index (χ1v) is 17.1. The third-order valence-electron chi connectivity index (χ3n) is 9.73. The van der Waals surface area contributed by atoms with E-state index >= 15 is 0 Å². The molecule has 0 fully saturated rings. The fourth-order valence-corrected chi connectivity index (χ4v) is 7.29. The van der Waals surface area contributed by atoms with Crippen LogP contribution in [0.5, 0.6) is 11.5 Å². The summed E-state index contributed by atoms with van der Waals surface area (Å²) in [5, 5.41) is 4.53. The molecule has 0 aliphatic carbocycles. The number of ether oxygens (including phenoxy) is 1. The van der Waals surface area contributed by atoms with Gasteiger partial charge in [-0.15, -0.1) is 0 Å². The molecule has 238 valence electrons. The normalized spacial score (nSPS) is 11.7. The Balaban J connectivity index is 1.13. The summed E-state index contributed by atoms with van der Waals surface area (Å²) in [6, 6.07) is 61.0. The molecule has 1 aliphatic rings. The van der Waals surface area contributed by atoms with Gasteiger partial charge in [0.1, 0.15) is 11.5 Å². The lowest BCUT2D eigenvalue weighted by atomic mass is 9.90. The maximum atomic E-state index is 6.41. The molecule has 4 nitrogen and oxygen atoms in total. The maximum Gasteiger partial charge on any atom is 0.164 e. The molecule has 1 aliphatic heterocycles. The number of nitrogens with zero attached hydrogens (tertiary/aromatic N) is 3. The minimum Gasteiger partial charge on any atom is -0.456 e. The Kier molecular flexibility index (Phi) is 6.78. The standard InChI is InChI=1S/C47H29N3O/c1-3-12-30(13-4-1)33-18-9-19-35(28-33)46-48-45(32-14-5-2-6-15-32)49-47(50-46)40-26-25-36(37-20-7-8-21-38(37)40)34-24-27-42-41(29-34)39-22-10-16-31-17-11-23-43(51-42)44(31)39/h1-29H. The van der Waals surface area contributed by atoms with Crippen LogP contribution in [0.4, 0.5) is 0 Å². The van der Waals surface area contributed by atoms with Gasteiger partial charge in [0.25, 0.3) is 0 Å². The van der Waals surface area contributed by atoms with Gasteiger partial charge in [-0.1, -0.05) is 146 Å². The van der Waals surface area contributed by atoms with E-state index in [1.54, 1.807) is 0 Å². The van der Waals surface area contributed by atoms with Crippen molar-refractivity contribution in [3.63, 3.8) is 0 Å². The topological polar surface area (TPSA) is 47.9 Å². The van der Waals surface area contributed by atoms with Crippen LogP contribution in [0.3, 0.4) is 0 Å². The Morgan fingerprint density at radius 3 is 1.73 bits per heavy atom. The highest BCUT2D eigenvalue weighted by Crippen LogP contribution is 2.48. The first-order chi connectivity index (χ1) is 25.3. The van der Waals surface area contributed by atoms with E-state index in [-0.39, 0.29) is 0 Å². The van der Waals surface area contributed by atoms with Crippen LogP contribution in [0.2, 0.25) is 0 Å². The van der Waals surface area contributed by atoms with Gasteiger partial charge in [0.2, 0.25) is 0 Å². The number of aromatic nitrogens is 3. The summed E-state index contributed by atoms with van der Waals surface area (Å²) in [5.74, 6) is 3.67. The quantitative estimate of drug-likeness (QED) is 0.186. The molecular formula is C47H29N3O. The van der Waals surface area contributed by atoms with E-state index in [9.17, 15) is 0 Å². The smallest absolute Gasteiger partial charge is 0.164 e. The van der Waals surface area contributed by atoms with Gasteiger partial charge in [-0.2, -0.15) is 0 Å². The van der Waals surface area contributed by atoms with Gasteiger partial charge in [-0.3, -0.25) is 0 Å². The third-order valence-corrected chi connectivity index (χ3v) is 9.73. The third kappa shape index (κ3) is 5.04. The summed E-state index contributed by atoms with van der Waals surface area (Å²) in [6.45, 7) is 0. The lowest BCUT2D eigenvalue weighted by Crippen LogP contribution is -2.01. The molecule has 0 saturated heterocycles. The average Bonchev–Trinajstić information content (AvgIpc) is 3.21. The molecule has 0 atom stereocenters. The van der Waals surface area contributed by atoms with Crippen molar-refractivity contribution in [3.8, 4) is 79.0 Å². The van der Waals surface area contributed by atoms with E-state index in [1.165, 1.54) is 10.9 Å². The van der Waals surface area contributed by atoms with Gasteiger partial charge in [-0.05, 0) is 74.3 Å². The highest BCUT2D eigenvalue weighted by atomic mass is 16.5. The van der Waals surface area contributed by atoms with E-state index in [4.69, 9.17) is 19.7 Å². The van der Waals surface area contributed by atoms with Gasteiger partial charge in [0.05, 0.1) is 0 Å². The molecule has 0 amide bonds. The van der Waals surface area contributed by atoms with Gasteiger partial charge in [-0.25, -0.2) is 15.0 Å². The summed E-state index contributed by atoms with van der Waals surface area (Å²) in [5.41, 5.74) is 9.63. The highest BCUT2D eigenvalue weighted by Gasteiger charge is 2.21. The fraction of sp³-hybridized carbons (Fsp3) is 0. The molecule has 4 heteroatoms. The van der Waals surface area contributed by atoms with Crippen LogP contribution >= 0.6 is 0 Å². The molecule has 2 heterocycles. The predicted octanol–water partition coefficient (Wildman–Crippen LogP) is 12.3. The number of benzene rings is 8. The molecule has 9 aromatic rings. The van der Waals surface area contributed by atoms with Crippen molar-refractivity contribution in [1.82, 2.24) is 15.0 Å². The van der Waals surface area contributed by atoms with Crippen LogP contribution in [-0.2, 0) is 0 Å². The van der Waals surface area contributed by atoms with E-state index in [1.807, 2.05) is 42.5 Å². The average molecular weight is 652 g/mol. The van der Waals surface area contributed by atoms with Crippen molar-refractivity contribution in [1.29, 1.82) is 0 Å². The van der Waals surface area contributed by atoms with Crippen molar-refractivity contribution < 1.29 is 4.74 Å². The van der Waals surface area contributed by atoms with Gasteiger partial charge >= 0.3 is 0 Å². The zero-order valence-electron chi connectivity index (χ0n) is 27.5. The lowest BCUT2D eigenvalue weighted by molar-refractivity contribution is 0.487. The monoisotopic (exact) mass is 651 g/mol. The number of hydrogen-bond acceptors (Lipinski definition) is 4. The summed E-state index contributed by atoms with van der Waals surface area (Å²) >= 11 is 0. The van der Waals surface area contributed by atoms with Gasteiger partial charge in [0.15, 0.2) is 17.5 Å². The Morgan fingerprint density at radius 2 is 0.922 bits per heavy atom. The number of hydrogen-bond donors (Lipinski definition) is 0. The van der Waals surface area contributed by atoms with Crippen molar-refractivity contribution >= 4 is 21.5 Å². The molecule has 0 radical (unpaired) electrons. The van der Waals surface area contributed by atoms with Crippen LogP contribution < -0.4 is 4.74 Å². The second kappa shape index (κ2) is 11.9. The molecule has 51 heavy (non-hydrogen) atoms. The molecule has 0 bridgehead atoms. The number of fused-ring (bicyclic) bond motifs is 3.